The fourth-order valence-electron chi connectivity index (χ4n) is 2.29. The molecule has 0 amide bonds. The van der Waals surface area contributed by atoms with Gasteiger partial charge in [0, 0.05) is 19.3 Å². The zero-order chi connectivity index (χ0) is 13.2. The minimum Gasteiger partial charge on any atom is -0.378 e. The van der Waals surface area contributed by atoms with Crippen LogP contribution in [0.25, 0.3) is 0 Å². The number of hydrogen-bond donors (Lipinski definition) is 1. The van der Waals surface area contributed by atoms with Crippen molar-refractivity contribution in [3.8, 4) is 0 Å². The highest BCUT2D eigenvalue weighted by Crippen LogP contribution is 2.18. The lowest BCUT2D eigenvalue weighted by Gasteiger charge is -2.19. The average molecular weight is 265 g/mol. The molecule has 0 aromatic heterocycles. The van der Waals surface area contributed by atoms with Crippen LogP contribution in [0.4, 0.5) is 8.78 Å². The molecule has 0 saturated carbocycles. The van der Waals surface area contributed by atoms with Gasteiger partial charge in [-0.25, -0.2) is 8.78 Å². The van der Waals surface area contributed by atoms with Crippen LogP contribution >= 0.6 is 0 Å². The molecule has 5 heteroatoms. The Kier molecular flexibility index (Phi) is 8.46. The summed E-state index contributed by atoms with van der Waals surface area (Å²) in [6, 6.07) is 0.344. The van der Waals surface area contributed by atoms with Crippen molar-refractivity contribution < 1.29 is 18.3 Å². The number of alkyl halides is 2. The van der Waals surface area contributed by atoms with Crippen molar-refractivity contribution in [3.05, 3.63) is 0 Å². The predicted octanol–water partition coefficient (Wildman–Crippen LogP) is 2.60. The maximum Gasteiger partial charge on any atom is 0.261 e. The lowest BCUT2D eigenvalue weighted by atomic mass is 10.0. The monoisotopic (exact) mass is 265 g/mol. The highest BCUT2D eigenvalue weighted by molar-refractivity contribution is 4.71. The lowest BCUT2D eigenvalue weighted by Crippen LogP contribution is -2.31. The van der Waals surface area contributed by atoms with E-state index in [1.165, 1.54) is 0 Å². The molecule has 0 spiro atoms. The van der Waals surface area contributed by atoms with E-state index in [0.29, 0.717) is 18.8 Å². The van der Waals surface area contributed by atoms with Crippen LogP contribution in [0.5, 0.6) is 0 Å². The first-order valence-corrected chi connectivity index (χ1v) is 6.93. The van der Waals surface area contributed by atoms with Crippen LogP contribution in [0.15, 0.2) is 0 Å². The highest BCUT2D eigenvalue weighted by Gasteiger charge is 2.17. The van der Waals surface area contributed by atoms with E-state index in [9.17, 15) is 8.78 Å². The number of nitrogens with one attached hydrogen (secondary N) is 1. The van der Waals surface area contributed by atoms with Gasteiger partial charge in [-0.2, -0.15) is 0 Å². The zero-order valence-corrected chi connectivity index (χ0v) is 11.2. The molecule has 0 aromatic rings. The molecule has 0 radical (unpaired) electrons. The minimum atomic E-state index is -2.37. The molecule has 2 unspecified atom stereocenters. The Morgan fingerprint density at radius 2 is 2.22 bits per heavy atom. The van der Waals surface area contributed by atoms with Crippen LogP contribution in [0.2, 0.25) is 0 Å². The van der Waals surface area contributed by atoms with Gasteiger partial charge in [-0.15, -0.1) is 0 Å². The zero-order valence-electron chi connectivity index (χ0n) is 11.2. The van der Waals surface area contributed by atoms with Crippen LogP contribution < -0.4 is 5.32 Å². The Bertz CT molecular complexity index is 199. The van der Waals surface area contributed by atoms with Crippen molar-refractivity contribution >= 4 is 0 Å². The van der Waals surface area contributed by atoms with E-state index in [0.717, 1.165) is 45.3 Å². The van der Waals surface area contributed by atoms with Gasteiger partial charge in [-0.3, -0.25) is 0 Å². The average Bonchev–Trinajstić information content (AvgIpc) is 2.84. The predicted molar refractivity (Wildman–Crippen MR) is 67.1 cm³/mol. The van der Waals surface area contributed by atoms with E-state index in [1.54, 1.807) is 0 Å². The molecule has 1 fully saturated rings. The molecule has 0 aromatic carbocycles. The van der Waals surface area contributed by atoms with Gasteiger partial charge in [0.05, 0.1) is 6.10 Å². The van der Waals surface area contributed by atoms with Crippen LogP contribution in [-0.2, 0) is 9.47 Å². The Hall–Kier alpha value is -0.260. The first-order chi connectivity index (χ1) is 8.72. The van der Waals surface area contributed by atoms with Gasteiger partial charge < -0.3 is 14.8 Å². The molecule has 0 aliphatic carbocycles. The summed E-state index contributed by atoms with van der Waals surface area (Å²) in [5, 5.41) is 3.37. The largest absolute Gasteiger partial charge is 0.378 e. The molecule has 0 bridgehead atoms. The second-order valence-electron chi connectivity index (χ2n) is 4.72. The molecular formula is C13H25F2NO2. The first kappa shape index (κ1) is 15.8. The summed E-state index contributed by atoms with van der Waals surface area (Å²) in [6.07, 6.45) is 3.20. The topological polar surface area (TPSA) is 30.5 Å². The molecule has 3 nitrogen and oxygen atoms in total. The quantitative estimate of drug-likeness (QED) is 0.616. The third-order valence-corrected chi connectivity index (χ3v) is 3.21. The Balaban J connectivity index is 2.09. The van der Waals surface area contributed by atoms with Crippen molar-refractivity contribution in [2.45, 2.75) is 57.6 Å². The first-order valence-electron chi connectivity index (χ1n) is 6.93. The summed E-state index contributed by atoms with van der Waals surface area (Å²) in [7, 11) is 0. The Morgan fingerprint density at radius 3 is 2.83 bits per heavy atom. The van der Waals surface area contributed by atoms with E-state index in [4.69, 9.17) is 9.47 Å². The van der Waals surface area contributed by atoms with Crippen LogP contribution in [0.3, 0.4) is 0 Å². The second-order valence-corrected chi connectivity index (χ2v) is 4.72. The summed E-state index contributed by atoms with van der Waals surface area (Å²) in [5.74, 6) is 0. The minimum absolute atomic E-state index is 0.344. The molecular weight excluding hydrogens is 240 g/mol. The summed E-state index contributed by atoms with van der Waals surface area (Å²) >= 11 is 0. The van der Waals surface area contributed by atoms with Crippen molar-refractivity contribution in [2.75, 3.05) is 26.4 Å². The maximum absolute atomic E-state index is 11.9. The van der Waals surface area contributed by atoms with E-state index in [1.807, 2.05) is 0 Å². The molecule has 1 aliphatic heterocycles. The van der Waals surface area contributed by atoms with E-state index < -0.39 is 13.0 Å². The molecule has 1 rings (SSSR count). The van der Waals surface area contributed by atoms with Crippen LogP contribution in [-0.4, -0.2) is 44.9 Å². The van der Waals surface area contributed by atoms with Crippen LogP contribution in [0.1, 0.15) is 39.0 Å². The van der Waals surface area contributed by atoms with E-state index in [2.05, 4.69) is 12.2 Å². The lowest BCUT2D eigenvalue weighted by molar-refractivity contribution is 0.0137. The summed E-state index contributed by atoms with van der Waals surface area (Å²) in [4.78, 5) is 0. The van der Waals surface area contributed by atoms with Crippen LogP contribution in [0, 0.1) is 0 Å². The van der Waals surface area contributed by atoms with Crippen molar-refractivity contribution in [2.24, 2.45) is 0 Å². The summed E-state index contributed by atoms with van der Waals surface area (Å²) in [5.41, 5.74) is 0. The van der Waals surface area contributed by atoms with Crippen molar-refractivity contribution in [1.82, 2.24) is 5.32 Å². The smallest absolute Gasteiger partial charge is 0.261 e. The number of hydrogen-bond acceptors (Lipinski definition) is 3. The SMILES string of the molecule is CCNC(CCOCC(F)F)CCC1CCCO1. The summed E-state index contributed by atoms with van der Waals surface area (Å²) in [6.45, 7) is 3.77. The van der Waals surface area contributed by atoms with Gasteiger partial charge in [-0.05, 0) is 38.6 Å². The van der Waals surface area contributed by atoms with Gasteiger partial charge in [0.1, 0.15) is 6.61 Å². The van der Waals surface area contributed by atoms with Crippen molar-refractivity contribution in [3.63, 3.8) is 0 Å². The number of halogens is 2. The molecule has 108 valence electrons. The van der Waals surface area contributed by atoms with Gasteiger partial charge in [-0.1, -0.05) is 6.92 Å². The van der Waals surface area contributed by atoms with E-state index in [-0.39, 0.29) is 0 Å². The number of ether oxygens (including phenoxy) is 2. The second kappa shape index (κ2) is 9.64. The van der Waals surface area contributed by atoms with Crippen molar-refractivity contribution in [1.29, 1.82) is 0 Å². The third-order valence-electron chi connectivity index (χ3n) is 3.21. The van der Waals surface area contributed by atoms with Gasteiger partial charge in [0.2, 0.25) is 0 Å². The fraction of sp³-hybridized carbons (Fsp3) is 1.00. The molecule has 1 heterocycles. The summed E-state index contributed by atoms with van der Waals surface area (Å²) < 4.78 is 34.3. The molecule has 1 aliphatic rings. The molecule has 2 atom stereocenters. The normalized spacial score (nSPS) is 21.7. The Morgan fingerprint density at radius 1 is 1.39 bits per heavy atom. The third kappa shape index (κ3) is 7.24. The van der Waals surface area contributed by atoms with Gasteiger partial charge in [0.25, 0.3) is 6.43 Å². The molecule has 1 saturated heterocycles. The molecule has 1 N–H and O–H groups in total. The van der Waals surface area contributed by atoms with Gasteiger partial charge >= 0.3 is 0 Å². The molecule has 18 heavy (non-hydrogen) atoms. The maximum atomic E-state index is 11.9. The fourth-order valence-corrected chi connectivity index (χ4v) is 2.29. The Labute approximate surface area is 108 Å². The standard InChI is InChI=1S/C13H25F2NO2/c1-2-16-11(7-9-17-10-13(14)15)5-6-12-4-3-8-18-12/h11-13,16H,2-10H2,1H3. The van der Waals surface area contributed by atoms with E-state index >= 15 is 0 Å². The van der Waals surface area contributed by atoms with Gasteiger partial charge in [0.15, 0.2) is 0 Å². The number of rotatable bonds is 10. The highest BCUT2D eigenvalue weighted by atomic mass is 19.3.